The van der Waals surface area contributed by atoms with Gasteiger partial charge in [-0.05, 0) is 49.2 Å². The lowest BCUT2D eigenvalue weighted by atomic mass is 9.64. The number of hydrogen-bond acceptors (Lipinski definition) is 6. The van der Waals surface area contributed by atoms with Gasteiger partial charge >= 0.3 is 11.9 Å². The molecule has 0 unspecified atom stereocenters. The molecule has 2 heterocycles. The Balaban J connectivity index is 1.82. The van der Waals surface area contributed by atoms with Crippen molar-refractivity contribution in [3.8, 4) is 11.6 Å². The van der Waals surface area contributed by atoms with Crippen LogP contribution in [0.25, 0.3) is 10.9 Å². The van der Waals surface area contributed by atoms with Crippen LogP contribution in [0.2, 0.25) is 0 Å². The van der Waals surface area contributed by atoms with Gasteiger partial charge in [-0.1, -0.05) is 55.5 Å². The molecule has 0 spiro atoms. The molecule has 7 heteroatoms. The fraction of sp³-hybridized carbons (Fsp3) is 0.233. The summed E-state index contributed by atoms with van der Waals surface area (Å²) in [7, 11) is 1.56. The van der Waals surface area contributed by atoms with Crippen LogP contribution < -0.4 is 9.47 Å². The van der Waals surface area contributed by atoms with Crippen molar-refractivity contribution < 1.29 is 28.6 Å². The highest BCUT2D eigenvalue weighted by molar-refractivity contribution is 6.09. The first-order valence-corrected chi connectivity index (χ1v) is 12.2. The van der Waals surface area contributed by atoms with E-state index in [1.165, 1.54) is 4.57 Å². The lowest BCUT2D eigenvalue weighted by Crippen LogP contribution is -2.50. The minimum absolute atomic E-state index is 0.0516. The normalized spacial score (nSPS) is 18.7. The summed E-state index contributed by atoms with van der Waals surface area (Å²) in [4.78, 5) is 41.4. The number of rotatable bonds is 6. The van der Waals surface area contributed by atoms with E-state index >= 15 is 0 Å². The van der Waals surface area contributed by atoms with E-state index in [9.17, 15) is 14.4 Å². The van der Waals surface area contributed by atoms with Crippen molar-refractivity contribution in [2.24, 2.45) is 0 Å². The Morgan fingerprint density at radius 3 is 2.27 bits per heavy atom. The summed E-state index contributed by atoms with van der Waals surface area (Å²) in [6.07, 6.45) is 0.271. The van der Waals surface area contributed by atoms with Crippen LogP contribution in [0, 0.1) is 0 Å². The monoisotopic (exact) mass is 497 g/mol. The van der Waals surface area contributed by atoms with Crippen LogP contribution in [0.4, 0.5) is 0 Å². The molecule has 3 aromatic carbocycles. The van der Waals surface area contributed by atoms with Crippen LogP contribution >= 0.6 is 0 Å². The molecule has 0 bridgehead atoms. The SMILES string of the molecule is CCOC(=O)[C@H]1c2c(n(C(=O)c3ccccc3)c3ccccc23)OC(=O)[C@]1(CC)c1ccc(OC)cc1. The predicted molar refractivity (Wildman–Crippen MR) is 138 cm³/mol. The Morgan fingerprint density at radius 2 is 1.62 bits per heavy atom. The number of esters is 2. The number of carbonyl (C=O) groups excluding carboxylic acids is 3. The molecule has 0 fully saturated rings. The Morgan fingerprint density at radius 1 is 0.946 bits per heavy atom. The highest BCUT2D eigenvalue weighted by atomic mass is 16.6. The molecule has 0 saturated heterocycles. The maximum Gasteiger partial charge on any atom is 0.324 e. The fourth-order valence-corrected chi connectivity index (χ4v) is 5.35. The zero-order valence-electron chi connectivity index (χ0n) is 20.9. The first kappa shape index (κ1) is 24.3. The van der Waals surface area contributed by atoms with Crippen LogP contribution in [0.3, 0.4) is 0 Å². The van der Waals surface area contributed by atoms with Crippen LogP contribution in [-0.2, 0) is 19.7 Å². The number of para-hydroxylation sites is 1. The fourth-order valence-electron chi connectivity index (χ4n) is 5.35. The third-order valence-corrected chi connectivity index (χ3v) is 7.11. The molecule has 0 radical (unpaired) electrons. The second-order valence-corrected chi connectivity index (χ2v) is 8.87. The molecule has 7 nitrogen and oxygen atoms in total. The van der Waals surface area contributed by atoms with Crippen molar-refractivity contribution >= 4 is 28.7 Å². The van der Waals surface area contributed by atoms with Gasteiger partial charge in [-0.2, -0.15) is 0 Å². The highest BCUT2D eigenvalue weighted by Crippen LogP contribution is 2.53. The number of aromatic nitrogens is 1. The molecule has 0 N–H and O–H groups in total. The molecular formula is C30H27NO6. The van der Waals surface area contributed by atoms with Crippen molar-refractivity contribution in [3.63, 3.8) is 0 Å². The van der Waals surface area contributed by atoms with E-state index in [1.54, 1.807) is 74.7 Å². The molecule has 1 aliphatic heterocycles. The zero-order chi connectivity index (χ0) is 26.2. The predicted octanol–water partition coefficient (Wildman–Crippen LogP) is 5.25. The van der Waals surface area contributed by atoms with Gasteiger partial charge in [-0.15, -0.1) is 0 Å². The number of hydrogen-bond donors (Lipinski definition) is 0. The van der Waals surface area contributed by atoms with E-state index in [2.05, 4.69) is 0 Å². The summed E-state index contributed by atoms with van der Waals surface area (Å²) in [6.45, 7) is 3.71. The van der Waals surface area contributed by atoms with Gasteiger partial charge in [0.1, 0.15) is 17.1 Å². The first-order chi connectivity index (χ1) is 18.0. The van der Waals surface area contributed by atoms with Gasteiger partial charge in [-0.25, -0.2) is 4.57 Å². The largest absolute Gasteiger partial charge is 0.497 e. The second kappa shape index (κ2) is 9.58. The summed E-state index contributed by atoms with van der Waals surface area (Å²) < 4.78 is 18.3. The maximum absolute atomic E-state index is 14.0. The number of nitrogens with zero attached hydrogens (tertiary/aromatic N) is 1. The number of methoxy groups -OCH3 is 1. The smallest absolute Gasteiger partial charge is 0.324 e. The quantitative estimate of drug-likeness (QED) is 0.338. The molecular weight excluding hydrogens is 470 g/mol. The summed E-state index contributed by atoms with van der Waals surface area (Å²) in [5, 5.41) is 0.652. The molecule has 0 aliphatic carbocycles. The number of benzene rings is 3. The Labute approximate surface area is 214 Å². The van der Waals surface area contributed by atoms with E-state index in [0.717, 1.165) is 0 Å². The van der Waals surface area contributed by atoms with E-state index in [4.69, 9.17) is 14.2 Å². The molecule has 2 atom stereocenters. The van der Waals surface area contributed by atoms with E-state index in [1.807, 2.05) is 25.1 Å². The van der Waals surface area contributed by atoms with Crippen LogP contribution in [0.1, 0.15) is 47.7 Å². The summed E-state index contributed by atoms with van der Waals surface area (Å²) in [5.74, 6) is -1.88. The minimum Gasteiger partial charge on any atom is -0.497 e. The van der Waals surface area contributed by atoms with Crippen molar-refractivity contribution in [2.45, 2.75) is 31.6 Å². The molecule has 4 aromatic rings. The molecule has 1 aliphatic rings. The summed E-state index contributed by atoms with van der Waals surface area (Å²) in [6, 6.07) is 23.1. The van der Waals surface area contributed by atoms with Gasteiger partial charge < -0.3 is 14.2 Å². The van der Waals surface area contributed by atoms with Gasteiger partial charge in [0, 0.05) is 16.5 Å². The van der Waals surface area contributed by atoms with Crippen molar-refractivity contribution in [1.82, 2.24) is 4.57 Å². The molecule has 0 saturated carbocycles. The number of fused-ring (bicyclic) bond motifs is 3. The lowest BCUT2D eigenvalue weighted by molar-refractivity contribution is -0.156. The first-order valence-electron chi connectivity index (χ1n) is 12.2. The van der Waals surface area contributed by atoms with Gasteiger partial charge in [0.25, 0.3) is 5.91 Å². The van der Waals surface area contributed by atoms with Crippen molar-refractivity contribution in [1.29, 1.82) is 0 Å². The number of carbonyl (C=O) groups is 3. The maximum atomic E-state index is 14.0. The summed E-state index contributed by atoms with van der Waals surface area (Å²) in [5.41, 5.74) is 0.685. The Hall–Kier alpha value is -4.39. The third-order valence-electron chi connectivity index (χ3n) is 7.11. The standard InChI is InChI=1S/C30H27NO6/c1-4-30(20-15-17-21(35-3)18-16-20)25(28(33)36-5-2)24-22-13-9-10-14-23(22)31(27(24)37-29(30)34)26(32)19-11-7-6-8-12-19/h6-18,25H,4-5H2,1-3H3/t25-,30-/m1/s1. The molecule has 0 amide bonds. The van der Waals surface area contributed by atoms with Gasteiger partial charge in [0.15, 0.2) is 0 Å². The van der Waals surface area contributed by atoms with E-state index in [-0.39, 0.29) is 24.8 Å². The zero-order valence-corrected chi connectivity index (χ0v) is 20.9. The van der Waals surface area contributed by atoms with Crippen LogP contribution in [0.5, 0.6) is 11.6 Å². The van der Waals surface area contributed by atoms with Crippen LogP contribution in [-0.4, -0.2) is 36.1 Å². The average molecular weight is 498 g/mol. The Kier molecular flexibility index (Phi) is 6.29. The van der Waals surface area contributed by atoms with Crippen LogP contribution in [0.15, 0.2) is 78.9 Å². The topological polar surface area (TPSA) is 83.8 Å². The van der Waals surface area contributed by atoms with Gasteiger partial charge in [0.2, 0.25) is 5.88 Å². The number of ether oxygens (including phenoxy) is 3. The van der Waals surface area contributed by atoms with E-state index < -0.39 is 23.3 Å². The molecule has 37 heavy (non-hydrogen) atoms. The van der Waals surface area contributed by atoms with E-state index in [0.29, 0.717) is 33.3 Å². The minimum atomic E-state index is -1.36. The third kappa shape index (κ3) is 3.69. The Bertz CT molecular complexity index is 1490. The average Bonchev–Trinajstić information content (AvgIpc) is 3.25. The van der Waals surface area contributed by atoms with Gasteiger partial charge in [-0.3, -0.25) is 14.4 Å². The molecule has 188 valence electrons. The van der Waals surface area contributed by atoms with Gasteiger partial charge in [0.05, 0.1) is 19.2 Å². The second-order valence-electron chi connectivity index (χ2n) is 8.87. The van der Waals surface area contributed by atoms with Crippen molar-refractivity contribution in [2.75, 3.05) is 13.7 Å². The molecule has 5 rings (SSSR count). The molecule has 1 aromatic heterocycles. The summed E-state index contributed by atoms with van der Waals surface area (Å²) >= 11 is 0. The lowest BCUT2D eigenvalue weighted by Gasteiger charge is -2.40. The van der Waals surface area contributed by atoms with Crippen molar-refractivity contribution in [3.05, 3.63) is 95.6 Å². The highest BCUT2D eigenvalue weighted by Gasteiger charge is 2.58.